The van der Waals surface area contributed by atoms with E-state index in [1.165, 1.54) is 16.8 Å². The zero-order valence-electron chi connectivity index (χ0n) is 18.7. The highest BCUT2D eigenvalue weighted by atomic mass is 16.5. The third-order valence-corrected chi connectivity index (χ3v) is 6.06. The van der Waals surface area contributed by atoms with Gasteiger partial charge in [0.2, 0.25) is 0 Å². The number of benzene rings is 2. The Labute approximate surface area is 185 Å². The van der Waals surface area contributed by atoms with Crippen molar-refractivity contribution in [2.75, 3.05) is 58.6 Å². The maximum absolute atomic E-state index is 5.93. The van der Waals surface area contributed by atoms with Crippen molar-refractivity contribution >= 4 is 5.69 Å². The predicted octanol–water partition coefficient (Wildman–Crippen LogP) is 3.72. The largest absolute Gasteiger partial charge is 0.493 e. The summed E-state index contributed by atoms with van der Waals surface area (Å²) in [6, 6.07) is 15.1. The molecule has 6 nitrogen and oxygen atoms in total. The Morgan fingerprint density at radius 1 is 0.903 bits per heavy atom. The number of ether oxygens (including phenoxy) is 4. The highest BCUT2D eigenvalue weighted by Crippen LogP contribution is 2.29. The van der Waals surface area contributed by atoms with Gasteiger partial charge < -0.3 is 23.8 Å². The van der Waals surface area contributed by atoms with Crippen LogP contribution in [0.1, 0.15) is 24.0 Å². The van der Waals surface area contributed by atoms with E-state index in [1.807, 2.05) is 6.07 Å². The summed E-state index contributed by atoms with van der Waals surface area (Å²) in [7, 11) is 3.35. The molecule has 4 rings (SSSR count). The van der Waals surface area contributed by atoms with Gasteiger partial charge in [0.15, 0.2) is 11.5 Å². The molecule has 0 unspecified atom stereocenters. The van der Waals surface area contributed by atoms with Gasteiger partial charge in [0, 0.05) is 45.0 Å². The second-order valence-electron chi connectivity index (χ2n) is 8.26. The number of morpholine rings is 1. The molecule has 0 saturated carbocycles. The molecule has 2 heterocycles. The minimum Gasteiger partial charge on any atom is -0.493 e. The molecule has 2 aromatic rings. The number of anilines is 1. The smallest absolute Gasteiger partial charge is 0.161 e. The summed E-state index contributed by atoms with van der Waals surface area (Å²) in [5.41, 5.74) is 3.80. The van der Waals surface area contributed by atoms with Crippen molar-refractivity contribution in [2.45, 2.75) is 32.0 Å². The molecule has 0 aliphatic carbocycles. The highest BCUT2D eigenvalue weighted by Gasteiger charge is 2.20. The minimum absolute atomic E-state index is 0.313. The fraction of sp³-hybridized carbons (Fsp3) is 0.520. The highest BCUT2D eigenvalue weighted by molar-refractivity contribution is 5.48. The maximum atomic E-state index is 5.93. The summed E-state index contributed by atoms with van der Waals surface area (Å²) in [6.07, 6.45) is 2.61. The molecule has 0 amide bonds. The van der Waals surface area contributed by atoms with Crippen molar-refractivity contribution in [3.8, 4) is 11.5 Å². The lowest BCUT2D eigenvalue weighted by atomic mass is 10.1. The molecular weight excluding hydrogens is 392 g/mol. The SMILES string of the molecule is COc1ccc(CN(Cc2ccc(N3CCOCC3)cc2)C[C@@H]2CCCO2)cc1OC. The van der Waals surface area contributed by atoms with Crippen LogP contribution in [0.25, 0.3) is 0 Å². The number of nitrogens with zero attached hydrogens (tertiary/aromatic N) is 2. The summed E-state index contributed by atoms with van der Waals surface area (Å²) in [5, 5.41) is 0. The summed E-state index contributed by atoms with van der Waals surface area (Å²) >= 11 is 0. The van der Waals surface area contributed by atoms with Crippen molar-refractivity contribution in [1.29, 1.82) is 0 Å². The third-order valence-electron chi connectivity index (χ3n) is 6.06. The maximum Gasteiger partial charge on any atom is 0.161 e. The number of hydrogen-bond acceptors (Lipinski definition) is 6. The first kappa shape index (κ1) is 21.9. The Balaban J connectivity index is 1.45. The van der Waals surface area contributed by atoms with Crippen LogP contribution in [-0.4, -0.2) is 64.7 Å². The summed E-state index contributed by atoms with van der Waals surface area (Å²) < 4.78 is 22.3. The summed E-state index contributed by atoms with van der Waals surface area (Å²) in [6.45, 7) is 7.07. The number of methoxy groups -OCH3 is 2. The van der Waals surface area contributed by atoms with Crippen molar-refractivity contribution in [3.63, 3.8) is 0 Å². The van der Waals surface area contributed by atoms with Gasteiger partial charge >= 0.3 is 0 Å². The lowest BCUT2D eigenvalue weighted by Gasteiger charge is -2.29. The van der Waals surface area contributed by atoms with E-state index >= 15 is 0 Å². The molecule has 0 radical (unpaired) electrons. The van der Waals surface area contributed by atoms with Crippen LogP contribution in [-0.2, 0) is 22.6 Å². The molecule has 1 atom stereocenters. The first-order valence-electron chi connectivity index (χ1n) is 11.2. The third kappa shape index (κ3) is 5.91. The zero-order valence-corrected chi connectivity index (χ0v) is 18.7. The van der Waals surface area contributed by atoms with Crippen LogP contribution in [0.15, 0.2) is 42.5 Å². The Hall–Kier alpha value is -2.28. The molecular formula is C25H34N2O4. The van der Waals surface area contributed by atoms with Gasteiger partial charge in [-0.05, 0) is 48.2 Å². The summed E-state index contributed by atoms with van der Waals surface area (Å²) in [4.78, 5) is 4.86. The van der Waals surface area contributed by atoms with Crippen LogP contribution in [0.4, 0.5) is 5.69 Å². The molecule has 0 spiro atoms. The second-order valence-corrected chi connectivity index (χ2v) is 8.26. The molecule has 2 aromatic carbocycles. The van der Waals surface area contributed by atoms with E-state index in [0.717, 1.165) is 76.9 Å². The molecule has 31 heavy (non-hydrogen) atoms. The lowest BCUT2D eigenvalue weighted by Crippen LogP contribution is -2.36. The molecule has 2 aliphatic rings. The summed E-state index contributed by atoms with van der Waals surface area (Å²) in [5.74, 6) is 1.53. The molecule has 2 aliphatic heterocycles. The van der Waals surface area contributed by atoms with Crippen LogP contribution in [0, 0.1) is 0 Å². The Morgan fingerprint density at radius 3 is 2.29 bits per heavy atom. The van der Waals surface area contributed by atoms with E-state index in [9.17, 15) is 0 Å². The zero-order chi connectivity index (χ0) is 21.5. The van der Waals surface area contributed by atoms with Crippen molar-refractivity contribution < 1.29 is 18.9 Å². The molecule has 2 saturated heterocycles. The van der Waals surface area contributed by atoms with E-state index in [4.69, 9.17) is 18.9 Å². The van der Waals surface area contributed by atoms with Crippen molar-refractivity contribution in [3.05, 3.63) is 53.6 Å². The van der Waals surface area contributed by atoms with Crippen LogP contribution in [0.3, 0.4) is 0 Å². The minimum atomic E-state index is 0.313. The van der Waals surface area contributed by atoms with Gasteiger partial charge in [-0.3, -0.25) is 4.90 Å². The van der Waals surface area contributed by atoms with Crippen LogP contribution in [0.5, 0.6) is 11.5 Å². The Bertz CT molecular complexity index is 815. The van der Waals surface area contributed by atoms with E-state index < -0.39 is 0 Å². The van der Waals surface area contributed by atoms with Gasteiger partial charge in [0.05, 0.1) is 33.5 Å². The van der Waals surface area contributed by atoms with Gasteiger partial charge in [-0.2, -0.15) is 0 Å². The van der Waals surface area contributed by atoms with E-state index in [-0.39, 0.29) is 0 Å². The normalized spacial score (nSPS) is 19.1. The standard InChI is InChI=1S/C25H34N2O4/c1-28-24-10-7-21(16-25(24)29-2)18-26(19-23-4-3-13-31-23)17-20-5-8-22(9-6-20)27-11-14-30-15-12-27/h5-10,16,23H,3-4,11-15,17-19H2,1-2H3/t23-/m0/s1. The first-order chi connectivity index (χ1) is 15.2. The first-order valence-corrected chi connectivity index (χ1v) is 11.2. The lowest BCUT2D eigenvalue weighted by molar-refractivity contribution is 0.0679. The van der Waals surface area contributed by atoms with Crippen molar-refractivity contribution in [1.82, 2.24) is 4.90 Å². The van der Waals surface area contributed by atoms with Gasteiger partial charge in [0.25, 0.3) is 0 Å². The second kappa shape index (κ2) is 10.8. The number of hydrogen-bond donors (Lipinski definition) is 0. The monoisotopic (exact) mass is 426 g/mol. The van der Waals surface area contributed by atoms with Gasteiger partial charge in [-0.1, -0.05) is 18.2 Å². The van der Waals surface area contributed by atoms with Crippen LogP contribution >= 0.6 is 0 Å². The Kier molecular flexibility index (Phi) is 7.67. The van der Waals surface area contributed by atoms with E-state index in [1.54, 1.807) is 14.2 Å². The van der Waals surface area contributed by atoms with Crippen molar-refractivity contribution in [2.24, 2.45) is 0 Å². The fourth-order valence-corrected chi connectivity index (χ4v) is 4.39. The molecule has 2 fully saturated rings. The average Bonchev–Trinajstić information content (AvgIpc) is 3.33. The van der Waals surface area contributed by atoms with Crippen LogP contribution in [0.2, 0.25) is 0 Å². The molecule has 0 bridgehead atoms. The fourth-order valence-electron chi connectivity index (χ4n) is 4.39. The van der Waals surface area contributed by atoms with E-state index in [0.29, 0.717) is 6.10 Å². The van der Waals surface area contributed by atoms with E-state index in [2.05, 4.69) is 46.2 Å². The van der Waals surface area contributed by atoms with Crippen LogP contribution < -0.4 is 14.4 Å². The molecule has 6 heteroatoms. The molecule has 168 valence electrons. The average molecular weight is 427 g/mol. The topological polar surface area (TPSA) is 43.4 Å². The molecule has 0 aromatic heterocycles. The molecule has 0 N–H and O–H groups in total. The quantitative estimate of drug-likeness (QED) is 0.609. The van der Waals surface area contributed by atoms with Gasteiger partial charge in [0.1, 0.15) is 0 Å². The van der Waals surface area contributed by atoms with Gasteiger partial charge in [-0.25, -0.2) is 0 Å². The predicted molar refractivity (Wildman–Crippen MR) is 122 cm³/mol. The number of rotatable bonds is 9. The van der Waals surface area contributed by atoms with Gasteiger partial charge in [-0.15, -0.1) is 0 Å². The Morgan fingerprint density at radius 2 is 1.61 bits per heavy atom.